The van der Waals surface area contributed by atoms with Crippen molar-refractivity contribution in [3.8, 4) is 0 Å². The third kappa shape index (κ3) is 5.90. The predicted molar refractivity (Wildman–Crippen MR) is 159 cm³/mol. The minimum atomic E-state index is 0.200. The van der Waals surface area contributed by atoms with E-state index in [1.807, 2.05) is 0 Å². The van der Waals surface area contributed by atoms with Crippen molar-refractivity contribution in [3.05, 3.63) is 36.5 Å². The zero-order valence-corrected chi connectivity index (χ0v) is 26.0. The van der Waals surface area contributed by atoms with E-state index in [1.165, 1.54) is 56.1 Å². The highest BCUT2D eigenvalue weighted by atomic mass is 15.2. The van der Waals surface area contributed by atoms with Crippen LogP contribution in [0, 0.1) is 29.6 Å². The Morgan fingerprint density at radius 3 is 1.92 bits per heavy atom. The second kappa shape index (κ2) is 10.4. The van der Waals surface area contributed by atoms with Crippen LogP contribution in [0.5, 0.6) is 0 Å². The number of hydrogen-bond acceptors (Lipinski definition) is 2. The van der Waals surface area contributed by atoms with Crippen molar-refractivity contribution in [1.82, 2.24) is 9.80 Å². The summed E-state index contributed by atoms with van der Waals surface area (Å²) in [6.07, 6.45) is 14.8. The third-order valence-electron chi connectivity index (χ3n) is 11.3. The summed E-state index contributed by atoms with van der Waals surface area (Å²) in [6, 6.07) is 0. The summed E-state index contributed by atoms with van der Waals surface area (Å²) in [6.45, 7) is 31.1. The molecule has 2 fully saturated rings. The second-order valence-electron chi connectivity index (χ2n) is 15.4. The summed E-state index contributed by atoms with van der Waals surface area (Å²) >= 11 is 0. The molecule has 36 heavy (non-hydrogen) atoms. The molecule has 0 radical (unpaired) electrons. The monoisotopic (exact) mass is 496 g/mol. The lowest BCUT2D eigenvalue weighted by atomic mass is 9.68. The molecule has 1 heterocycles. The van der Waals surface area contributed by atoms with Gasteiger partial charge in [0.05, 0.1) is 0 Å². The molecule has 1 saturated heterocycles. The number of piperidine rings is 1. The van der Waals surface area contributed by atoms with Crippen molar-refractivity contribution >= 4 is 0 Å². The largest absolute Gasteiger partial charge is 0.296 e. The number of rotatable bonds is 11. The first-order valence-corrected chi connectivity index (χ1v) is 14.9. The molecule has 2 aliphatic carbocycles. The fraction of sp³-hybridized carbons (Fsp3) is 0.824. The molecule has 206 valence electrons. The molecule has 3 rings (SSSR count). The van der Waals surface area contributed by atoms with Gasteiger partial charge in [0.2, 0.25) is 0 Å². The molecule has 2 nitrogen and oxygen atoms in total. The summed E-state index contributed by atoms with van der Waals surface area (Å²) in [5, 5.41) is 0. The van der Waals surface area contributed by atoms with Gasteiger partial charge in [-0.15, -0.1) is 0 Å². The number of allylic oxidation sites excluding steroid dienone is 4. The van der Waals surface area contributed by atoms with Crippen LogP contribution in [0.15, 0.2) is 36.5 Å². The Bertz CT molecular complexity index is 823. The Hall–Kier alpha value is -0.860. The van der Waals surface area contributed by atoms with E-state index in [1.54, 1.807) is 0 Å². The smallest absolute Gasteiger partial charge is 0.0158 e. The molecule has 1 saturated carbocycles. The van der Waals surface area contributed by atoms with Gasteiger partial charge in [-0.2, -0.15) is 0 Å². The van der Waals surface area contributed by atoms with Crippen LogP contribution < -0.4 is 0 Å². The standard InChI is InChI=1S/C34H60N2/c1-14-31(4,5)35(12)32(6,7)19-15-16-24(2)29-27-17-18-28(21-27)30(29)25(3)20-26-22-33(8,9)36(13)34(10,11)23-26/h17-18,26-30H,2-3,14-16,19-23H2,1,4-13H3. The van der Waals surface area contributed by atoms with Gasteiger partial charge < -0.3 is 0 Å². The minimum absolute atomic E-state index is 0.200. The molecule has 4 unspecified atom stereocenters. The molecule has 2 bridgehead atoms. The van der Waals surface area contributed by atoms with Crippen LogP contribution in [0.2, 0.25) is 0 Å². The van der Waals surface area contributed by atoms with Crippen molar-refractivity contribution in [3.63, 3.8) is 0 Å². The maximum absolute atomic E-state index is 4.78. The van der Waals surface area contributed by atoms with Crippen LogP contribution >= 0.6 is 0 Å². The number of hydrogen-bond donors (Lipinski definition) is 0. The zero-order valence-electron chi connectivity index (χ0n) is 26.0. The van der Waals surface area contributed by atoms with Gasteiger partial charge in [-0.1, -0.05) is 43.4 Å². The molecule has 0 aromatic carbocycles. The quantitative estimate of drug-likeness (QED) is 0.263. The molecule has 4 atom stereocenters. The normalized spacial score (nSPS) is 30.3. The Kier molecular flexibility index (Phi) is 8.55. The van der Waals surface area contributed by atoms with Crippen LogP contribution in [-0.4, -0.2) is 46.1 Å². The molecule has 0 aromatic heterocycles. The van der Waals surface area contributed by atoms with Crippen molar-refractivity contribution in [1.29, 1.82) is 0 Å². The van der Waals surface area contributed by atoms with Crippen molar-refractivity contribution < 1.29 is 0 Å². The summed E-state index contributed by atoms with van der Waals surface area (Å²) in [4.78, 5) is 5.20. The first-order valence-electron chi connectivity index (χ1n) is 14.9. The molecule has 1 aliphatic heterocycles. The van der Waals surface area contributed by atoms with Crippen LogP contribution in [0.1, 0.15) is 114 Å². The van der Waals surface area contributed by atoms with Crippen LogP contribution in [0.4, 0.5) is 0 Å². The van der Waals surface area contributed by atoms with Gasteiger partial charge in [-0.3, -0.25) is 9.80 Å². The maximum Gasteiger partial charge on any atom is 0.0158 e. The van der Waals surface area contributed by atoms with Crippen molar-refractivity contribution in [2.45, 2.75) is 136 Å². The van der Waals surface area contributed by atoms with Gasteiger partial charge >= 0.3 is 0 Å². The van der Waals surface area contributed by atoms with E-state index < -0.39 is 0 Å². The Balaban J connectivity index is 1.63. The van der Waals surface area contributed by atoms with Crippen LogP contribution in [0.25, 0.3) is 0 Å². The first-order chi connectivity index (χ1) is 16.4. The lowest BCUT2D eigenvalue weighted by Gasteiger charge is -2.54. The molecule has 2 heteroatoms. The number of likely N-dealkylation sites (tertiary alicyclic amines) is 1. The van der Waals surface area contributed by atoms with E-state index in [4.69, 9.17) is 13.2 Å². The molecular weight excluding hydrogens is 436 g/mol. The van der Waals surface area contributed by atoms with Gasteiger partial charge in [0.15, 0.2) is 0 Å². The average Bonchev–Trinajstić information content (AvgIpc) is 3.38. The molecular formula is C34H60N2. The second-order valence-corrected chi connectivity index (χ2v) is 15.4. The van der Waals surface area contributed by atoms with E-state index in [2.05, 4.69) is 98.4 Å². The topological polar surface area (TPSA) is 6.48 Å². The molecule has 0 amide bonds. The Morgan fingerprint density at radius 2 is 1.42 bits per heavy atom. The summed E-state index contributed by atoms with van der Waals surface area (Å²) in [5.74, 6) is 3.31. The molecule has 3 aliphatic rings. The SMILES string of the molecule is C=C(CCCC(C)(C)N(C)C(C)(C)CC)C1C2C=CC(C2)C1C(=C)CC1CC(C)(C)N(C)C(C)(C)C1. The van der Waals surface area contributed by atoms with Crippen LogP contribution in [-0.2, 0) is 0 Å². The number of nitrogens with zero attached hydrogens (tertiary/aromatic N) is 2. The summed E-state index contributed by atoms with van der Waals surface area (Å²) in [5.41, 5.74) is 3.94. The van der Waals surface area contributed by atoms with E-state index in [0.29, 0.717) is 23.7 Å². The predicted octanol–water partition coefficient (Wildman–Crippen LogP) is 8.90. The molecule has 0 N–H and O–H groups in total. The van der Waals surface area contributed by atoms with Gasteiger partial charge in [0.1, 0.15) is 0 Å². The van der Waals surface area contributed by atoms with Gasteiger partial charge in [-0.25, -0.2) is 0 Å². The Morgan fingerprint density at radius 1 is 0.917 bits per heavy atom. The Labute approximate surface area is 225 Å². The fourth-order valence-corrected chi connectivity index (χ4v) is 8.30. The third-order valence-corrected chi connectivity index (χ3v) is 11.3. The lowest BCUT2D eigenvalue weighted by Crippen LogP contribution is -2.58. The lowest BCUT2D eigenvalue weighted by molar-refractivity contribution is -0.0302. The highest BCUT2D eigenvalue weighted by Gasteiger charge is 2.48. The van der Waals surface area contributed by atoms with Gasteiger partial charge in [0, 0.05) is 22.2 Å². The summed E-state index contributed by atoms with van der Waals surface area (Å²) < 4.78 is 0. The van der Waals surface area contributed by atoms with E-state index in [9.17, 15) is 0 Å². The molecule has 0 spiro atoms. The maximum atomic E-state index is 4.78. The first kappa shape index (κ1) is 29.7. The minimum Gasteiger partial charge on any atom is -0.296 e. The zero-order chi connectivity index (χ0) is 27.3. The highest BCUT2D eigenvalue weighted by molar-refractivity contribution is 5.28. The molecule has 0 aromatic rings. The average molecular weight is 497 g/mol. The van der Waals surface area contributed by atoms with E-state index in [-0.39, 0.29) is 22.2 Å². The van der Waals surface area contributed by atoms with Crippen molar-refractivity contribution in [2.75, 3.05) is 14.1 Å². The van der Waals surface area contributed by atoms with Gasteiger partial charge in [-0.05, 0) is 150 Å². The van der Waals surface area contributed by atoms with E-state index in [0.717, 1.165) is 12.3 Å². The van der Waals surface area contributed by atoms with Crippen LogP contribution in [0.3, 0.4) is 0 Å². The van der Waals surface area contributed by atoms with E-state index >= 15 is 0 Å². The van der Waals surface area contributed by atoms with Crippen molar-refractivity contribution in [2.24, 2.45) is 29.6 Å². The van der Waals surface area contributed by atoms with Gasteiger partial charge in [0.25, 0.3) is 0 Å². The fourth-order valence-electron chi connectivity index (χ4n) is 8.30. The summed E-state index contributed by atoms with van der Waals surface area (Å²) in [7, 11) is 4.62. The number of fused-ring (bicyclic) bond motifs is 2. The highest BCUT2D eigenvalue weighted by Crippen LogP contribution is 2.55.